The third-order valence-electron chi connectivity index (χ3n) is 2.00. The summed E-state index contributed by atoms with van der Waals surface area (Å²) in [5, 5.41) is 10.5. The molecule has 0 spiro atoms. The minimum atomic E-state index is -0.204. The second-order valence-corrected chi connectivity index (χ2v) is 3.24. The van der Waals surface area contributed by atoms with E-state index in [1.54, 1.807) is 12.1 Å². The Labute approximate surface area is 88.9 Å². The Morgan fingerprint density at radius 3 is 2.60 bits per heavy atom. The molecule has 0 saturated heterocycles. The van der Waals surface area contributed by atoms with Crippen molar-refractivity contribution in [1.82, 2.24) is 0 Å². The first kappa shape index (κ1) is 12.1. The maximum atomic E-state index is 12.6. The zero-order valence-corrected chi connectivity index (χ0v) is 8.66. The van der Waals surface area contributed by atoms with E-state index < -0.39 is 0 Å². The molecule has 0 unspecified atom stereocenters. The highest BCUT2D eigenvalue weighted by Gasteiger charge is 1.96. The number of halogens is 1. The van der Waals surface area contributed by atoms with Crippen molar-refractivity contribution in [1.29, 1.82) is 0 Å². The zero-order valence-electron chi connectivity index (χ0n) is 8.66. The van der Waals surface area contributed by atoms with Crippen LogP contribution in [0.2, 0.25) is 0 Å². The molecule has 0 fully saturated rings. The van der Waals surface area contributed by atoms with Crippen molar-refractivity contribution in [3.8, 4) is 0 Å². The topological polar surface area (TPSA) is 46.1 Å². The quantitative estimate of drug-likeness (QED) is 0.622. The van der Waals surface area contributed by atoms with Gasteiger partial charge in [0.15, 0.2) is 0 Å². The minimum Gasteiger partial charge on any atom is -0.394 e. The summed E-state index contributed by atoms with van der Waals surface area (Å²) in [6.45, 7) is 2.75. The molecule has 15 heavy (non-hydrogen) atoms. The van der Waals surface area contributed by atoms with Crippen LogP contribution in [-0.4, -0.2) is 31.5 Å². The molecule has 0 radical (unpaired) electrons. The van der Waals surface area contributed by atoms with Crippen LogP contribution in [0, 0.1) is 5.82 Å². The van der Waals surface area contributed by atoms with Gasteiger partial charge in [-0.1, -0.05) is 12.1 Å². The summed E-state index contributed by atoms with van der Waals surface area (Å²) in [5.74, 6) is -0.204. The largest absolute Gasteiger partial charge is 0.394 e. The predicted molar refractivity (Wildman–Crippen MR) is 54.8 cm³/mol. The summed E-state index contributed by atoms with van der Waals surface area (Å²) >= 11 is 0. The third kappa shape index (κ3) is 5.47. The average Bonchev–Trinajstić information content (AvgIpc) is 2.26. The van der Waals surface area contributed by atoms with E-state index in [0.29, 0.717) is 13.2 Å². The lowest BCUT2D eigenvalue weighted by molar-refractivity contribution is -0.672. The van der Waals surface area contributed by atoms with Crippen LogP contribution in [-0.2, 0) is 11.3 Å². The first-order valence-electron chi connectivity index (χ1n) is 5.07. The van der Waals surface area contributed by atoms with E-state index in [1.165, 1.54) is 12.1 Å². The third-order valence-corrected chi connectivity index (χ3v) is 2.00. The second kappa shape index (κ2) is 7.34. The standard InChI is InChI=1S/C11H16FNO2/c12-11-3-1-10(2-4-11)9-13-5-7-15-8-6-14/h1-4,13-14H,5-9H2/p+1. The summed E-state index contributed by atoms with van der Waals surface area (Å²) in [4.78, 5) is 0. The molecule has 0 saturated carbocycles. The molecule has 0 aliphatic carbocycles. The molecule has 3 nitrogen and oxygen atoms in total. The van der Waals surface area contributed by atoms with E-state index in [0.717, 1.165) is 18.7 Å². The maximum absolute atomic E-state index is 12.6. The molecule has 3 N–H and O–H groups in total. The van der Waals surface area contributed by atoms with E-state index in [4.69, 9.17) is 9.84 Å². The molecular weight excluding hydrogens is 197 g/mol. The molecule has 1 aromatic rings. The number of rotatable bonds is 7. The Bertz CT molecular complexity index is 264. The van der Waals surface area contributed by atoms with Gasteiger partial charge in [0, 0.05) is 5.56 Å². The molecule has 0 aromatic heterocycles. The Morgan fingerprint density at radius 1 is 1.20 bits per heavy atom. The normalized spacial score (nSPS) is 10.5. The van der Waals surface area contributed by atoms with Gasteiger partial charge in [-0.25, -0.2) is 4.39 Å². The fraction of sp³-hybridized carbons (Fsp3) is 0.455. The molecule has 0 atom stereocenters. The molecule has 1 rings (SSSR count). The van der Waals surface area contributed by atoms with Crippen molar-refractivity contribution in [2.75, 3.05) is 26.4 Å². The Balaban J connectivity index is 2.07. The highest BCUT2D eigenvalue weighted by molar-refractivity contribution is 5.14. The number of quaternary nitrogens is 1. The van der Waals surface area contributed by atoms with Crippen molar-refractivity contribution in [2.24, 2.45) is 0 Å². The molecule has 0 aliphatic rings. The molecule has 0 amide bonds. The summed E-state index contributed by atoms with van der Waals surface area (Å²) in [6.07, 6.45) is 0. The van der Waals surface area contributed by atoms with Gasteiger partial charge in [0.05, 0.1) is 26.4 Å². The minimum absolute atomic E-state index is 0.0674. The van der Waals surface area contributed by atoms with Crippen LogP contribution in [0.25, 0.3) is 0 Å². The SMILES string of the molecule is OCCOCC[NH2+]Cc1ccc(F)cc1. The monoisotopic (exact) mass is 214 g/mol. The van der Waals surface area contributed by atoms with Gasteiger partial charge in [0.1, 0.15) is 12.4 Å². The molecule has 0 aliphatic heterocycles. The smallest absolute Gasteiger partial charge is 0.123 e. The lowest BCUT2D eigenvalue weighted by Gasteiger charge is -2.02. The average molecular weight is 214 g/mol. The van der Waals surface area contributed by atoms with Gasteiger partial charge < -0.3 is 15.2 Å². The highest BCUT2D eigenvalue weighted by Crippen LogP contribution is 2.00. The Morgan fingerprint density at radius 2 is 1.93 bits per heavy atom. The van der Waals surface area contributed by atoms with E-state index in [2.05, 4.69) is 5.32 Å². The number of nitrogens with two attached hydrogens (primary N) is 1. The second-order valence-electron chi connectivity index (χ2n) is 3.24. The first-order valence-corrected chi connectivity index (χ1v) is 5.07. The van der Waals surface area contributed by atoms with Crippen molar-refractivity contribution in [2.45, 2.75) is 6.54 Å². The van der Waals surface area contributed by atoms with Crippen LogP contribution in [0.5, 0.6) is 0 Å². The van der Waals surface area contributed by atoms with E-state index in [9.17, 15) is 4.39 Å². The number of aliphatic hydroxyl groups excluding tert-OH is 1. The van der Waals surface area contributed by atoms with Crippen LogP contribution >= 0.6 is 0 Å². The number of hydrogen-bond acceptors (Lipinski definition) is 2. The van der Waals surface area contributed by atoms with Gasteiger partial charge in [-0.2, -0.15) is 0 Å². The van der Waals surface area contributed by atoms with E-state index in [-0.39, 0.29) is 12.4 Å². The van der Waals surface area contributed by atoms with Crippen LogP contribution in [0.15, 0.2) is 24.3 Å². The zero-order chi connectivity index (χ0) is 10.9. The van der Waals surface area contributed by atoms with Gasteiger partial charge in [-0.15, -0.1) is 0 Å². The van der Waals surface area contributed by atoms with Crippen molar-refractivity contribution >= 4 is 0 Å². The van der Waals surface area contributed by atoms with E-state index in [1.807, 2.05) is 0 Å². The number of hydrogen-bond donors (Lipinski definition) is 2. The molecule has 84 valence electrons. The van der Waals surface area contributed by atoms with Crippen LogP contribution in [0.1, 0.15) is 5.56 Å². The summed E-state index contributed by atoms with van der Waals surface area (Å²) < 4.78 is 17.7. The summed E-state index contributed by atoms with van der Waals surface area (Å²) in [6, 6.07) is 6.48. The van der Waals surface area contributed by atoms with E-state index >= 15 is 0 Å². The molecule has 4 heteroatoms. The van der Waals surface area contributed by atoms with Crippen LogP contribution < -0.4 is 5.32 Å². The lowest BCUT2D eigenvalue weighted by atomic mass is 10.2. The number of ether oxygens (including phenoxy) is 1. The van der Waals surface area contributed by atoms with Crippen molar-refractivity contribution in [3.05, 3.63) is 35.6 Å². The van der Waals surface area contributed by atoms with Crippen LogP contribution in [0.4, 0.5) is 4.39 Å². The lowest BCUT2D eigenvalue weighted by Crippen LogP contribution is -2.83. The van der Waals surface area contributed by atoms with Gasteiger partial charge in [0.2, 0.25) is 0 Å². The van der Waals surface area contributed by atoms with Gasteiger partial charge in [0.25, 0.3) is 0 Å². The molecular formula is C11H17FNO2+. The number of benzene rings is 1. The van der Waals surface area contributed by atoms with Crippen molar-refractivity contribution < 1.29 is 19.6 Å². The van der Waals surface area contributed by atoms with Gasteiger partial charge in [-0.05, 0) is 12.1 Å². The predicted octanol–water partition coefficient (Wildman–Crippen LogP) is -0.102. The highest BCUT2D eigenvalue weighted by atomic mass is 19.1. The van der Waals surface area contributed by atoms with Gasteiger partial charge >= 0.3 is 0 Å². The van der Waals surface area contributed by atoms with Gasteiger partial charge in [-0.3, -0.25) is 0 Å². The number of aliphatic hydroxyl groups is 1. The van der Waals surface area contributed by atoms with Crippen LogP contribution in [0.3, 0.4) is 0 Å². The summed E-state index contributed by atoms with van der Waals surface area (Å²) in [7, 11) is 0. The molecule has 1 aromatic carbocycles. The molecule has 0 bridgehead atoms. The molecule has 0 heterocycles. The Kier molecular flexibility index (Phi) is 5.92. The maximum Gasteiger partial charge on any atom is 0.123 e. The summed E-state index contributed by atoms with van der Waals surface area (Å²) in [5.41, 5.74) is 1.10. The Hall–Kier alpha value is -0.970. The van der Waals surface area contributed by atoms with Crippen molar-refractivity contribution in [3.63, 3.8) is 0 Å². The fourth-order valence-corrected chi connectivity index (χ4v) is 1.22. The fourth-order valence-electron chi connectivity index (χ4n) is 1.22. The first-order chi connectivity index (χ1) is 7.33.